The molecule has 0 saturated heterocycles. The monoisotopic (exact) mass is 310 g/mol. The van der Waals surface area contributed by atoms with Crippen LogP contribution in [0.25, 0.3) is 0 Å². The fourth-order valence-electron chi connectivity index (χ4n) is 5.03. The van der Waals surface area contributed by atoms with Crippen molar-refractivity contribution in [3.05, 3.63) is 46.8 Å². The second kappa shape index (κ2) is 4.00. The minimum Gasteiger partial charge on any atom is -0.359 e. The Morgan fingerprint density at radius 2 is 1.78 bits per heavy atom. The molecule has 122 valence electrons. The predicted molar refractivity (Wildman–Crippen MR) is 92.7 cm³/mol. The van der Waals surface area contributed by atoms with Crippen molar-refractivity contribution in [3.8, 4) is 0 Å². The standard InChI is InChI=1S/C20H26N2O/c1-12-9-8-10-14-16(12)22-13(2)17-15(11-21-23-17)20(22,7)19(5,6)18(14,3)4/h8-11,13H,1-7H3/t13-,20?/m0/s1. The number of hydrogen-bond acceptors (Lipinski definition) is 3. The van der Waals surface area contributed by atoms with E-state index in [2.05, 4.69) is 76.7 Å². The highest BCUT2D eigenvalue weighted by molar-refractivity contribution is 5.71. The molecule has 23 heavy (non-hydrogen) atoms. The lowest BCUT2D eigenvalue weighted by atomic mass is 9.51. The Morgan fingerprint density at radius 3 is 2.48 bits per heavy atom. The minimum absolute atomic E-state index is 0.0197. The topological polar surface area (TPSA) is 29.3 Å². The van der Waals surface area contributed by atoms with Crippen molar-refractivity contribution in [2.24, 2.45) is 5.41 Å². The van der Waals surface area contributed by atoms with E-state index in [0.717, 1.165) is 5.76 Å². The zero-order valence-corrected chi connectivity index (χ0v) is 15.2. The third kappa shape index (κ3) is 1.36. The van der Waals surface area contributed by atoms with Gasteiger partial charge in [-0.2, -0.15) is 0 Å². The van der Waals surface area contributed by atoms with Crippen molar-refractivity contribution in [2.75, 3.05) is 4.90 Å². The Hall–Kier alpha value is -1.77. The highest BCUT2D eigenvalue weighted by Crippen LogP contribution is 2.67. The lowest BCUT2D eigenvalue weighted by molar-refractivity contribution is 0.0647. The number of para-hydroxylation sites is 1. The molecule has 4 rings (SSSR count). The summed E-state index contributed by atoms with van der Waals surface area (Å²) in [5.74, 6) is 1.02. The minimum atomic E-state index is -0.135. The molecule has 0 spiro atoms. The van der Waals surface area contributed by atoms with Gasteiger partial charge in [0.15, 0.2) is 5.76 Å². The van der Waals surface area contributed by atoms with Crippen LogP contribution in [0.2, 0.25) is 0 Å². The molecule has 0 fully saturated rings. The zero-order chi connectivity index (χ0) is 16.8. The Morgan fingerprint density at radius 1 is 1.09 bits per heavy atom. The Balaban J connectivity index is 2.15. The summed E-state index contributed by atoms with van der Waals surface area (Å²) in [5, 5.41) is 4.12. The van der Waals surface area contributed by atoms with Crippen LogP contribution >= 0.6 is 0 Å². The number of nitrogens with zero attached hydrogens (tertiary/aromatic N) is 2. The molecule has 3 heterocycles. The molecular weight excluding hydrogens is 284 g/mol. The lowest BCUT2D eigenvalue weighted by Crippen LogP contribution is -2.62. The van der Waals surface area contributed by atoms with E-state index in [0.29, 0.717) is 0 Å². The summed E-state index contributed by atoms with van der Waals surface area (Å²) in [7, 11) is 0. The van der Waals surface area contributed by atoms with Crippen LogP contribution < -0.4 is 4.90 Å². The summed E-state index contributed by atoms with van der Waals surface area (Å²) in [6.07, 6.45) is 1.94. The van der Waals surface area contributed by atoms with Crippen molar-refractivity contribution in [3.63, 3.8) is 0 Å². The maximum atomic E-state index is 5.67. The molecule has 2 aliphatic heterocycles. The third-order valence-electron chi connectivity index (χ3n) is 7.30. The average Bonchev–Trinajstić information content (AvgIpc) is 3.03. The van der Waals surface area contributed by atoms with Gasteiger partial charge in [0.05, 0.1) is 17.8 Å². The van der Waals surface area contributed by atoms with Crippen LogP contribution in [-0.4, -0.2) is 5.16 Å². The molecule has 2 aliphatic rings. The summed E-state index contributed by atoms with van der Waals surface area (Å²) in [6.45, 7) is 16.4. The van der Waals surface area contributed by atoms with E-state index in [1.54, 1.807) is 0 Å². The third-order valence-corrected chi connectivity index (χ3v) is 7.30. The van der Waals surface area contributed by atoms with E-state index in [9.17, 15) is 0 Å². The van der Waals surface area contributed by atoms with Gasteiger partial charge in [-0.05, 0) is 37.3 Å². The van der Waals surface area contributed by atoms with Crippen molar-refractivity contribution < 1.29 is 4.52 Å². The summed E-state index contributed by atoms with van der Waals surface area (Å²) in [5.41, 5.74) is 5.32. The van der Waals surface area contributed by atoms with Crippen LogP contribution in [0, 0.1) is 12.3 Å². The molecule has 1 unspecified atom stereocenters. The van der Waals surface area contributed by atoms with E-state index in [1.807, 2.05) is 6.20 Å². The predicted octanol–water partition coefficient (Wildman–Crippen LogP) is 5.10. The van der Waals surface area contributed by atoms with Crippen LogP contribution in [0.1, 0.15) is 70.0 Å². The number of aromatic nitrogens is 1. The molecule has 3 nitrogen and oxygen atoms in total. The number of hydrogen-bond donors (Lipinski definition) is 0. The molecule has 3 heteroatoms. The molecule has 0 amide bonds. The molecule has 0 aliphatic carbocycles. The van der Waals surface area contributed by atoms with Crippen LogP contribution in [0.4, 0.5) is 5.69 Å². The summed E-state index contributed by atoms with van der Waals surface area (Å²) in [4.78, 5) is 2.58. The van der Waals surface area contributed by atoms with Crippen LogP contribution in [0.5, 0.6) is 0 Å². The molecule has 1 aromatic heterocycles. The van der Waals surface area contributed by atoms with Gasteiger partial charge in [-0.1, -0.05) is 51.1 Å². The van der Waals surface area contributed by atoms with Crippen molar-refractivity contribution in [1.29, 1.82) is 0 Å². The highest BCUT2D eigenvalue weighted by atomic mass is 16.5. The smallest absolute Gasteiger partial charge is 0.164 e. The maximum Gasteiger partial charge on any atom is 0.164 e. The van der Waals surface area contributed by atoms with Crippen molar-refractivity contribution >= 4 is 5.69 Å². The second-order valence-corrected chi connectivity index (χ2v) is 8.44. The molecular formula is C20H26N2O. The molecule has 2 aromatic rings. The first-order valence-corrected chi connectivity index (χ1v) is 8.50. The van der Waals surface area contributed by atoms with Gasteiger partial charge < -0.3 is 9.42 Å². The first-order chi connectivity index (χ1) is 10.7. The van der Waals surface area contributed by atoms with Crippen molar-refractivity contribution in [2.45, 2.75) is 65.5 Å². The van der Waals surface area contributed by atoms with E-state index < -0.39 is 0 Å². The first kappa shape index (κ1) is 14.8. The van der Waals surface area contributed by atoms with Crippen molar-refractivity contribution in [1.82, 2.24) is 5.16 Å². The molecule has 0 radical (unpaired) electrons. The lowest BCUT2D eigenvalue weighted by Gasteiger charge is -2.62. The fourth-order valence-corrected chi connectivity index (χ4v) is 5.03. The Labute approximate surface area is 138 Å². The second-order valence-electron chi connectivity index (χ2n) is 8.44. The zero-order valence-electron chi connectivity index (χ0n) is 15.2. The van der Waals surface area contributed by atoms with Crippen LogP contribution in [0.15, 0.2) is 28.9 Å². The molecule has 0 saturated carbocycles. The van der Waals surface area contributed by atoms with Crippen LogP contribution in [0.3, 0.4) is 0 Å². The number of benzene rings is 1. The van der Waals surface area contributed by atoms with Gasteiger partial charge in [0.25, 0.3) is 0 Å². The van der Waals surface area contributed by atoms with Crippen LogP contribution in [-0.2, 0) is 11.0 Å². The van der Waals surface area contributed by atoms with Gasteiger partial charge in [-0.3, -0.25) is 0 Å². The van der Waals surface area contributed by atoms with Gasteiger partial charge in [-0.25, -0.2) is 0 Å². The normalized spacial score (nSPS) is 29.9. The van der Waals surface area contributed by atoms with E-state index >= 15 is 0 Å². The summed E-state index contributed by atoms with van der Waals surface area (Å²) >= 11 is 0. The van der Waals surface area contributed by atoms with E-state index in [-0.39, 0.29) is 22.4 Å². The van der Waals surface area contributed by atoms with Gasteiger partial charge in [-0.15, -0.1) is 0 Å². The van der Waals surface area contributed by atoms with Gasteiger partial charge in [0.2, 0.25) is 0 Å². The molecule has 0 bridgehead atoms. The number of anilines is 1. The van der Waals surface area contributed by atoms with E-state index in [1.165, 1.54) is 22.4 Å². The number of rotatable bonds is 0. The maximum absolute atomic E-state index is 5.67. The molecule has 1 aromatic carbocycles. The molecule has 0 N–H and O–H groups in total. The summed E-state index contributed by atoms with van der Waals surface area (Å²) in [6, 6.07) is 6.91. The Bertz CT molecular complexity index is 802. The number of fused-ring (bicyclic) bond motifs is 5. The first-order valence-electron chi connectivity index (χ1n) is 8.50. The number of aryl methyl sites for hydroxylation is 1. The van der Waals surface area contributed by atoms with Gasteiger partial charge in [0.1, 0.15) is 0 Å². The highest BCUT2D eigenvalue weighted by Gasteiger charge is 2.65. The largest absolute Gasteiger partial charge is 0.359 e. The Kier molecular flexibility index (Phi) is 2.58. The van der Waals surface area contributed by atoms with E-state index in [4.69, 9.17) is 4.52 Å². The average molecular weight is 310 g/mol. The van der Waals surface area contributed by atoms with Gasteiger partial charge >= 0.3 is 0 Å². The fraction of sp³-hybridized carbons (Fsp3) is 0.550. The SMILES string of the molecule is Cc1cccc2c1N1[C@@H](C)c3oncc3C1(C)C(C)(C)C2(C)C. The quantitative estimate of drug-likeness (QED) is 0.678. The summed E-state index contributed by atoms with van der Waals surface area (Å²) < 4.78 is 5.67. The van der Waals surface area contributed by atoms with Gasteiger partial charge in [0, 0.05) is 16.7 Å². The molecule has 2 atom stereocenters.